The van der Waals surface area contributed by atoms with Gasteiger partial charge in [-0.3, -0.25) is 0 Å². The molecule has 1 unspecified atom stereocenters. The van der Waals surface area contributed by atoms with Gasteiger partial charge in [0.1, 0.15) is 5.82 Å². The first-order valence-electron chi connectivity index (χ1n) is 7.66. The minimum atomic E-state index is -0.0971. The first kappa shape index (κ1) is 15.7. The van der Waals surface area contributed by atoms with E-state index in [1.807, 2.05) is 18.2 Å². The second-order valence-corrected chi connectivity index (χ2v) is 5.91. The third-order valence-electron chi connectivity index (χ3n) is 3.65. The Bertz CT molecular complexity index is 536. The van der Waals surface area contributed by atoms with E-state index < -0.39 is 0 Å². The number of halogens is 1. The summed E-state index contributed by atoms with van der Waals surface area (Å²) in [6, 6.07) is 18.0. The van der Waals surface area contributed by atoms with E-state index in [2.05, 4.69) is 43.4 Å². The van der Waals surface area contributed by atoms with E-state index in [4.69, 9.17) is 0 Å². The average molecular weight is 285 g/mol. The summed E-state index contributed by atoms with van der Waals surface area (Å²) in [5, 5.41) is 3.48. The predicted octanol–water partition coefficient (Wildman–Crippen LogP) is 4.23. The quantitative estimate of drug-likeness (QED) is 0.803. The summed E-state index contributed by atoms with van der Waals surface area (Å²) in [6.07, 6.45) is 1.73. The van der Waals surface area contributed by atoms with Crippen LogP contribution in [0.25, 0.3) is 0 Å². The Labute approximate surface area is 127 Å². The molecule has 0 amide bonds. The molecule has 0 radical (unpaired) electrons. The zero-order valence-corrected chi connectivity index (χ0v) is 12.9. The van der Waals surface area contributed by atoms with E-state index in [1.165, 1.54) is 5.56 Å². The van der Waals surface area contributed by atoms with Gasteiger partial charge in [-0.25, -0.2) is 4.39 Å². The highest BCUT2D eigenvalue weighted by molar-refractivity contribution is 5.20. The van der Waals surface area contributed by atoms with Crippen molar-refractivity contribution in [2.75, 3.05) is 6.54 Å². The zero-order valence-electron chi connectivity index (χ0n) is 12.9. The standard InChI is InChI=1S/C19H24FN/c1-15(2)21-14-17(12-16-8-4-3-5-9-16)13-18-10-6-7-11-19(18)20/h3-11,15,17,21H,12-14H2,1-2H3. The second-order valence-electron chi connectivity index (χ2n) is 5.91. The van der Waals surface area contributed by atoms with E-state index in [0.29, 0.717) is 12.0 Å². The van der Waals surface area contributed by atoms with Crippen LogP contribution in [0.15, 0.2) is 54.6 Å². The lowest BCUT2D eigenvalue weighted by Gasteiger charge is -2.20. The highest BCUT2D eigenvalue weighted by atomic mass is 19.1. The van der Waals surface area contributed by atoms with Gasteiger partial charge in [0.05, 0.1) is 0 Å². The van der Waals surface area contributed by atoms with Crippen molar-refractivity contribution in [1.29, 1.82) is 0 Å². The average Bonchev–Trinajstić information content (AvgIpc) is 2.48. The molecular weight excluding hydrogens is 261 g/mol. The van der Waals surface area contributed by atoms with Gasteiger partial charge in [0, 0.05) is 6.04 Å². The Morgan fingerprint density at radius 3 is 2.24 bits per heavy atom. The minimum absolute atomic E-state index is 0.0971. The van der Waals surface area contributed by atoms with E-state index >= 15 is 0 Å². The molecule has 0 saturated carbocycles. The van der Waals surface area contributed by atoms with E-state index in [0.717, 1.165) is 24.9 Å². The van der Waals surface area contributed by atoms with Crippen LogP contribution in [-0.4, -0.2) is 12.6 Å². The third-order valence-corrected chi connectivity index (χ3v) is 3.65. The van der Waals surface area contributed by atoms with Gasteiger partial charge >= 0.3 is 0 Å². The van der Waals surface area contributed by atoms with Gasteiger partial charge in [-0.1, -0.05) is 62.4 Å². The molecule has 1 nitrogen and oxygen atoms in total. The molecule has 2 heteroatoms. The topological polar surface area (TPSA) is 12.0 Å². The van der Waals surface area contributed by atoms with Gasteiger partial charge in [-0.2, -0.15) is 0 Å². The van der Waals surface area contributed by atoms with Crippen LogP contribution in [0, 0.1) is 11.7 Å². The minimum Gasteiger partial charge on any atom is -0.314 e. The fourth-order valence-corrected chi connectivity index (χ4v) is 2.54. The predicted molar refractivity (Wildman–Crippen MR) is 86.9 cm³/mol. The highest BCUT2D eigenvalue weighted by Gasteiger charge is 2.13. The molecule has 2 rings (SSSR count). The number of hydrogen-bond acceptors (Lipinski definition) is 1. The van der Waals surface area contributed by atoms with Crippen LogP contribution in [0.4, 0.5) is 4.39 Å². The first-order valence-corrected chi connectivity index (χ1v) is 7.66. The fourth-order valence-electron chi connectivity index (χ4n) is 2.54. The summed E-state index contributed by atoms with van der Waals surface area (Å²) in [4.78, 5) is 0. The van der Waals surface area contributed by atoms with Crippen LogP contribution in [0.1, 0.15) is 25.0 Å². The summed E-state index contributed by atoms with van der Waals surface area (Å²) in [7, 11) is 0. The molecule has 0 aromatic heterocycles. The second kappa shape index (κ2) is 7.94. The fraction of sp³-hybridized carbons (Fsp3) is 0.368. The lowest BCUT2D eigenvalue weighted by atomic mass is 9.92. The lowest BCUT2D eigenvalue weighted by molar-refractivity contribution is 0.437. The zero-order chi connectivity index (χ0) is 15.1. The molecule has 2 aromatic rings. The first-order chi connectivity index (χ1) is 10.1. The van der Waals surface area contributed by atoms with Crippen molar-refractivity contribution < 1.29 is 4.39 Å². The molecule has 0 bridgehead atoms. The number of hydrogen-bond donors (Lipinski definition) is 1. The van der Waals surface area contributed by atoms with Gasteiger partial charge in [0.15, 0.2) is 0 Å². The van der Waals surface area contributed by atoms with Crippen molar-refractivity contribution >= 4 is 0 Å². The number of rotatable bonds is 7. The largest absolute Gasteiger partial charge is 0.314 e. The van der Waals surface area contributed by atoms with Gasteiger partial charge in [0.2, 0.25) is 0 Å². The van der Waals surface area contributed by atoms with Crippen molar-refractivity contribution in [3.63, 3.8) is 0 Å². The van der Waals surface area contributed by atoms with Crippen molar-refractivity contribution in [2.45, 2.75) is 32.7 Å². The van der Waals surface area contributed by atoms with Gasteiger partial charge in [-0.15, -0.1) is 0 Å². The smallest absolute Gasteiger partial charge is 0.126 e. The Morgan fingerprint density at radius 1 is 0.905 bits per heavy atom. The maximum Gasteiger partial charge on any atom is 0.126 e. The molecule has 0 saturated heterocycles. The molecule has 1 atom stereocenters. The summed E-state index contributed by atoms with van der Waals surface area (Å²) in [6.45, 7) is 5.19. The van der Waals surface area contributed by atoms with E-state index in [1.54, 1.807) is 12.1 Å². The van der Waals surface area contributed by atoms with Crippen LogP contribution in [0.2, 0.25) is 0 Å². The summed E-state index contributed by atoms with van der Waals surface area (Å²) in [5.74, 6) is 0.298. The van der Waals surface area contributed by atoms with Crippen molar-refractivity contribution in [2.24, 2.45) is 5.92 Å². The van der Waals surface area contributed by atoms with E-state index in [-0.39, 0.29) is 5.82 Å². The van der Waals surface area contributed by atoms with Gasteiger partial charge in [0.25, 0.3) is 0 Å². The van der Waals surface area contributed by atoms with Crippen LogP contribution in [-0.2, 0) is 12.8 Å². The Kier molecular flexibility index (Phi) is 5.94. The molecule has 1 N–H and O–H groups in total. The maximum atomic E-state index is 13.9. The monoisotopic (exact) mass is 285 g/mol. The molecule has 0 fully saturated rings. The Hall–Kier alpha value is -1.67. The summed E-state index contributed by atoms with van der Waals surface area (Å²) in [5.41, 5.74) is 2.12. The normalized spacial score (nSPS) is 12.6. The molecule has 2 aromatic carbocycles. The van der Waals surface area contributed by atoms with Crippen LogP contribution in [0.3, 0.4) is 0 Å². The molecule has 0 aliphatic heterocycles. The number of benzene rings is 2. The Morgan fingerprint density at radius 2 is 1.57 bits per heavy atom. The molecule has 21 heavy (non-hydrogen) atoms. The van der Waals surface area contributed by atoms with Crippen LogP contribution in [0.5, 0.6) is 0 Å². The SMILES string of the molecule is CC(C)NCC(Cc1ccccc1)Cc1ccccc1F. The van der Waals surface area contributed by atoms with E-state index in [9.17, 15) is 4.39 Å². The highest BCUT2D eigenvalue weighted by Crippen LogP contribution is 2.17. The molecule has 112 valence electrons. The van der Waals surface area contributed by atoms with Gasteiger partial charge in [-0.05, 0) is 42.5 Å². The molecule has 0 heterocycles. The maximum absolute atomic E-state index is 13.9. The van der Waals surface area contributed by atoms with Crippen molar-refractivity contribution in [3.05, 3.63) is 71.5 Å². The molecular formula is C19H24FN. The van der Waals surface area contributed by atoms with Crippen LogP contribution < -0.4 is 5.32 Å². The Balaban J connectivity index is 2.06. The van der Waals surface area contributed by atoms with Crippen LogP contribution >= 0.6 is 0 Å². The van der Waals surface area contributed by atoms with Crippen molar-refractivity contribution in [3.8, 4) is 0 Å². The van der Waals surface area contributed by atoms with Crippen molar-refractivity contribution in [1.82, 2.24) is 5.32 Å². The molecule has 0 spiro atoms. The molecule has 0 aliphatic rings. The summed E-state index contributed by atoms with van der Waals surface area (Å²) >= 11 is 0. The molecule has 0 aliphatic carbocycles. The lowest BCUT2D eigenvalue weighted by Crippen LogP contribution is -2.31. The summed E-state index contributed by atoms with van der Waals surface area (Å²) < 4.78 is 13.9. The van der Waals surface area contributed by atoms with Gasteiger partial charge < -0.3 is 5.32 Å². The number of nitrogens with one attached hydrogen (secondary N) is 1. The third kappa shape index (κ3) is 5.31.